The van der Waals surface area contributed by atoms with E-state index < -0.39 is 17.0 Å². The van der Waals surface area contributed by atoms with Gasteiger partial charge in [0.1, 0.15) is 12.3 Å². The number of carboxylic acids is 1. The normalized spacial score (nSPS) is 13.5. The Morgan fingerprint density at radius 3 is 2.50 bits per heavy atom. The summed E-state index contributed by atoms with van der Waals surface area (Å²) in [6.45, 7) is 1.14. The fourth-order valence-corrected chi connectivity index (χ4v) is 2.74. The zero-order valence-corrected chi connectivity index (χ0v) is 14.4. The molecule has 0 saturated carbocycles. The highest BCUT2D eigenvalue weighted by molar-refractivity contribution is 8.17. The number of nitrogens with zero attached hydrogens (tertiary/aromatic N) is 2. The minimum Gasteiger partial charge on any atom is -0.477 e. The van der Waals surface area contributed by atoms with Gasteiger partial charge in [0.15, 0.2) is 5.12 Å². The van der Waals surface area contributed by atoms with Crippen LogP contribution in [-0.4, -0.2) is 38.7 Å². The van der Waals surface area contributed by atoms with Gasteiger partial charge in [-0.05, 0) is 23.8 Å². The zero-order chi connectivity index (χ0) is 19.3. The monoisotopic (exact) mass is 378 g/mol. The van der Waals surface area contributed by atoms with E-state index in [2.05, 4.69) is 0 Å². The highest BCUT2D eigenvalue weighted by Gasteiger charge is 2.27. The third-order valence-corrected chi connectivity index (χ3v) is 4.06. The Morgan fingerprint density at radius 1 is 1.31 bits per heavy atom. The number of non-ortho nitro benzene ring substituents is 1. The summed E-state index contributed by atoms with van der Waals surface area (Å²) in [5.74, 6) is -1.33. The number of carbonyl (C=O) groups is 3. The van der Waals surface area contributed by atoms with Crippen molar-refractivity contribution in [3.8, 4) is 0 Å². The van der Waals surface area contributed by atoms with Crippen molar-refractivity contribution in [2.75, 3.05) is 6.54 Å². The minimum atomic E-state index is -1.33. The van der Waals surface area contributed by atoms with Crippen LogP contribution in [0.1, 0.15) is 12.5 Å². The van der Waals surface area contributed by atoms with Crippen LogP contribution in [0.4, 0.5) is 10.5 Å². The van der Waals surface area contributed by atoms with E-state index in [1.54, 1.807) is 6.08 Å². The number of nitro benzene ring substituents is 1. The van der Waals surface area contributed by atoms with Crippen molar-refractivity contribution in [2.24, 2.45) is 0 Å². The number of amides is 1. The fourth-order valence-electron chi connectivity index (χ4n) is 2.08. The lowest BCUT2D eigenvalue weighted by atomic mass is 10.2. The van der Waals surface area contributed by atoms with Gasteiger partial charge in [0.2, 0.25) is 0 Å². The van der Waals surface area contributed by atoms with Crippen molar-refractivity contribution < 1.29 is 29.2 Å². The van der Waals surface area contributed by atoms with Crippen molar-refractivity contribution in [1.82, 2.24) is 4.90 Å². The lowest BCUT2D eigenvalue weighted by Gasteiger charge is -2.24. The molecule has 1 aliphatic heterocycles. The summed E-state index contributed by atoms with van der Waals surface area (Å²) in [6, 6.07) is 5.44. The molecule has 0 radical (unpaired) electrons. The zero-order valence-electron chi connectivity index (χ0n) is 13.6. The molecule has 1 aliphatic rings. The molecule has 136 valence electrons. The van der Waals surface area contributed by atoms with Gasteiger partial charge in [-0.2, -0.15) is 0 Å². The molecule has 9 nitrogen and oxygen atoms in total. The van der Waals surface area contributed by atoms with E-state index in [0.717, 1.165) is 16.7 Å². The SMILES string of the molecule is CC(=O)SC1=CCN(C(=O)OCc2ccc([N+](=O)[O-])cc2)C(C(=O)O)=C1. The van der Waals surface area contributed by atoms with Crippen molar-refractivity contribution in [3.05, 3.63) is 62.7 Å². The molecule has 0 saturated heterocycles. The highest BCUT2D eigenvalue weighted by Crippen LogP contribution is 2.25. The molecule has 1 N–H and O–H groups in total. The molecule has 10 heteroatoms. The molecule has 26 heavy (non-hydrogen) atoms. The van der Waals surface area contributed by atoms with Gasteiger partial charge in [0.25, 0.3) is 5.69 Å². The van der Waals surface area contributed by atoms with E-state index in [4.69, 9.17) is 4.74 Å². The van der Waals surface area contributed by atoms with Crippen molar-refractivity contribution >= 4 is 34.6 Å². The number of carbonyl (C=O) groups excluding carboxylic acids is 2. The molecule has 0 aromatic heterocycles. The standard InChI is InChI=1S/C16H14N2O7S/c1-10(19)26-13-6-7-17(14(8-13)15(20)21)16(22)25-9-11-2-4-12(5-3-11)18(23)24/h2-6,8H,7,9H2,1H3,(H,20,21). The summed E-state index contributed by atoms with van der Waals surface area (Å²) in [5.41, 5.74) is 0.128. The summed E-state index contributed by atoms with van der Waals surface area (Å²) < 4.78 is 5.07. The van der Waals surface area contributed by atoms with Gasteiger partial charge < -0.3 is 9.84 Å². The topological polar surface area (TPSA) is 127 Å². The molecule has 0 bridgehead atoms. The number of allylic oxidation sites excluding steroid dienone is 1. The lowest BCUT2D eigenvalue weighted by molar-refractivity contribution is -0.384. The number of ether oxygens (including phenoxy) is 1. The molecule has 2 rings (SSSR count). The van der Waals surface area contributed by atoms with E-state index in [0.29, 0.717) is 10.5 Å². The molecular formula is C16H14N2O7S. The van der Waals surface area contributed by atoms with Gasteiger partial charge in [0, 0.05) is 30.5 Å². The molecule has 0 spiro atoms. The number of aliphatic carboxylic acids is 1. The predicted molar refractivity (Wildman–Crippen MR) is 92.1 cm³/mol. The first-order valence-corrected chi connectivity index (χ1v) is 8.10. The quantitative estimate of drug-likeness (QED) is 0.612. The van der Waals surface area contributed by atoms with E-state index in [1.807, 2.05) is 0 Å². The van der Waals surface area contributed by atoms with Gasteiger partial charge in [0.05, 0.1) is 4.92 Å². The van der Waals surface area contributed by atoms with Crippen LogP contribution in [0.5, 0.6) is 0 Å². The summed E-state index contributed by atoms with van der Waals surface area (Å²) in [7, 11) is 0. The highest BCUT2D eigenvalue weighted by atomic mass is 32.2. The average molecular weight is 378 g/mol. The Hall–Kier alpha value is -3.14. The summed E-state index contributed by atoms with van der Waals surface area (Å²) >= 11 is 0.873. The molecule has 0 aliphatic carbocycles. The molecule has 0 unspecified atom stereocenters. The Labute approximate surface area is 152 Å². The first-order valence-electron chi connectivity index (χ1n) is 7.29. The third-order valence-electron chi connectivity index (χ3n) is 3.26. The van der Waals surface area contributed by atoms with Crippen LogP contribution >= 0.6 is 11.8 Å². The molecule has 1 aromatic carbocycles. The van der Waals surface area contributed by atoms with E-state index in [-0.39, 0.29) is 29.7 Å². The molecule has 1 amide bonds. The van der Waals surface area contributed by atoms with Crippen molar-refractivity contribution in [3.63, 3.8) is 0 Å². The summed E-state index contributed by atoms with van der Waals surface area (Å²) in [5, 5.41) is 19.7. The molecule has 1 aromatic rings. The second kappa shape index (κ2) is 8.30. The van der Waals surface area contributed by atoms with Gasteiger partial charge in [-0.25, -0.2) is 9.59 Å². The number of thioether (sulfide) groups is 1. The third kappa shape index (κ3) is 4.93. The van der Waals surface area contributed by atoms with Crippen molar-refractivity contribution in [2.45, 2.75) is 13.5 Å². The smallest absolute Gasteiger partial charge is 0.415 e. The van der Waals surface area contributed by atoms with Crippen LogP contribution in [0.25, 0.3) is 0 Å². The van der Waals surface area contributed by atoms with Crippen LogP contribution in [0.2, 0.25) is 0 Å². The maximum atomic E-state index is 12.2. The second-order valence-electron chi connectivity index (χ2n) is 5.12. The van der Waals surface area contributed by atoms with E-state index >= 15 is 0 Å². The van der Waals surface area contributed by atoms with Crippen LogP contribution in [0.15, 0.2) is 47.0 Å². The van der Waals surface area contributed by atoms with Gasteiger partial charge in [-0.15, -0.1) is 0 Å². The van der Waals surface area contributed by atoms with Crippen LogP contribution in [0.3, 0.4) is 0 Å². The molecular weight excluding hydrogens is 364 g/mol. The maximum Gasteiger partial charge on any atom is 0.415 e. The predicted octanol–water partition coefficient (Wildman–Crippen LogP) is 2.68. The number of hydrogen-bond donors (Lipinski definition) is 1. The average Bonchev–Trinajstić information content (AvgIpc) is 2.59. The lowest BCUT2D eigenvalue weighted by Crippen LogP contribution is -2.36. The van der Waals surface area contributed by atoms with Crippen LogP contribution in [0, 0.1) is 10.1 Å². The Balaban J connectivity index is 2.03. The van der Waals surface area contributed by atoms with Crippen molar-refractivity contribution in [1.29, 1.82) is 0 Å². The van der Waals surface area contributed by atoms with Gasteiger partial charge >= 0.3 is 12.1 Å². The summed E-state index contributed by atoms with van der Waals surface area (Å²) in [4.78, 5) is 46.1. The molecule has 0 fully saturated rings. The first-order chi connectivity index (χ1) is 12.3. The first kappa shape index (κ1) is 19.2. The van der Waals surface area contributed by atoms with Crippen LogP contribution < -0.4 is 0 Å². The maximum absolute atomic E-state index is 12.2. The molecule has 0 atom stereocenters. The number of hydrogen-bond acceptors (Lipinski definition) is 7. The van der Waals surface area contributed by atoms with Gasteiger partial charge in [-0.1, -0.05) is 17.8 Å². The number of carboxylic acid groups (broad SMARTS) is 1. The van der Waals surface area contributed by atoms with Crippen LogP contribution in [-0.2, 0) is 20.9 Å². The second-order valence-corrected chi connectivity index (χ2v) is 6.37. The number of nitro groups is 1. The largest absolute Gasteiger partial charge is 0.477 e. The summed E-state index contributed by atoms with van der Waals surface area (Å²) in [6.07, 6.45) is 1.90. The van der Waals surface area contributed by atoms with E-state index in [1.165, 1.54) is 37.3 Å². The Kier molecular flexibility index (Phi) is 6.12. The Morgan fingerprint density at radius 2 is 1.96 bits per heavy atom. The minimum absolute atomic E-state index is 0.0488. The van der Waals surface area contributed by atoms with Gasteiger partial charge in [-0.3, -0.25) is 19.8 Å². The Bertz CT molecular complexity index is 814. The fraction of sp³-hybridized carbons (Fsp3) is 0.188. The number of benzene rings is 1. The number of rotatable bonds is 5. The van der Waals surface area contributed by atoms with E-state index in [9.17, 15) is 29.6 Å². The molecule has 1 heterocycles.